The van der Waals surface area contributed by atoms with E-state index in [0.29, 0.717) is 37.7 Å². The van der Waals surface area contributed by atoms with Gasteiger partial charge in [-0.15, -0.1) is 0 Å². The first kappa shape index (κ1) is 23.1. The van der Waals surface area contributed by atoms with Crippen molar-refractivity contribution in [3.8, 4) is 0 Å². The van der Waals surface area contributed by atoms with Crippen LogP contribution in [0.3, 0.4) is 0 Å². The molecule has 7 nitrogen and oxygen atoms in total. The van der Waals surface area contributed by atoms with E-state index in [9.17, 15) is 9.90 Å². The van der Waals surface area contributed by atoms with Crippen LogP contribution in [0.4, 0.5) is 0 Å². The van der Waals surface area contributed by atoms with E-state index in [4.69, 9.17) is 21.1 Å². The quantitative estimate of drug-likeness (QED) is 0.690. The van der Waals surface area contributed by atoms with Crippen LogP contribution in [0.15, 0.2) is 48.8 Å². The number of benzene rings is 1. The molecule has 32 heavy (non-hydrogen) atoms. The Kier molecular flexibility index (Phi) is 8.10. The highest BCUT2D eigenvalue weighted by Gasteiger charge is 2.38. The topological polar surface area (TPSA) is 83.9 Å². The summed E-state index contributed by atoms with van der Waals surface area (Å²) in [5, 5.41) is 13.9. The molecule has 3 heterocycles. The molecular weight excluding hydrogens is 430 g/mol. The van der Waals surface area contributed by atoms with E-state index in [-0.39, 0.29) is 30.8 Å². The van der Waals surface area contributed by atoms with Gasteiger partial charge in [-0.3, -0.25) is 14.7 Å². The minimum atomic E-state index is -0.536. The maximum Gasteiger partial charge on any atom is 0.222 e. The summed E-state index contributed by atoms with van der Waals surface area (Å²) >= 11 is 6.17. The Balaban J connectivity index is 1.34. The summed E-state index contributed by atoms with van der Waals surface area (Å²) < 4.78 is 12.0. The summed E-state index contributed by atoms with van der Waals surface area (Å²) in [4.78, 5) is 18.9. The van der Waals surface area contributed by atoms with Crippen molar-refractivity contribution in [3.63, 3.8) is 0 Å². The number of amides is 1. The van der Waals surface area contributed by atoms with Crippen LogP contribution in [-0.2, 0) is 27.4 Å². The lowest BCUT2D eigenvalue weighted by Gasteiger charge is -2.44. The van der Waals surface area contributed by atoms with Gasteiger partial charge >= 0.3 is 0 Å². The van der Waals surface area contributed by atoms with Gasteiger partial charge in [0.1, 0.15) is 0 Å². The van der Waals surface area contributed by atoms with Crippen LogP contribution in [0.25, 0.3) is 0 Å². The van der Waals surface area contributed by atoms with Crippen molar-refractivity contribution >= 4 is 17.5 Å². The minimum Gasteiger partial charge on any atom is -0.389 e. The average Bonchev–Trinajstić information content (AvgIpc) is 2.78. The van der Waals surface area contributed by atoms with Crippen LogP contribution >= 0.6 is 11.6 Å². The van der Waals surface area contributed by atoms with Crippen molar-refractivity contribution in [2.45, 2.75) is 56.7 Å². The number of hydrogen-bond acceptors (Lipinski definition) is 6. The second kappa shape index (κ2) is 11.2. The lowest BCUT2D eigenvalue weighted by atomic mass is 9.94. The van der Waals surface area contributed by atoms with E-state index < -0.39 is 6.10 Å². The van der Waals surface area contributed by atoms with Crippen molar-refractivity contribution in [1.29, 1.82) is 0 Å². The van der Waals surface area contributed by atoms with Crippen LogP contribution in [0, 0.1) is 0 Å². The van der Waals surface area contributed by atoms with Crippen LogP contribution in [0.5, 0.6) is 0 Å². The number of carbonyl (C=O) groups is 1. The van der Waals surface area contributed by atoms with Crippen molar-refractivity contribution < 1.29 is 19.4 Å². The molecule has 0 bridgehead atoms. The second-order valence-corrected chi connectivity index (χ2v) is 8.90. The number of nitrogens with zero attached hydrogens (tertiary/aromatic N) is 2. The number of carbonyl (C=O) groups excluding carboxylic acids is 1. The van der Waals surface area contributed by atoms with Gasteiger partial charge < -0.3 is 19.9 Å². The third-order valence-electron chi connectivity index (χ3n) is 6.07. The number of rotatable bonds is 6. The SMILES string of the molecule is O=C(C[C@@H]1CC[C@H]2[C@@H](COC[C@@H](O)CN2Cc2ccncc2)O1)NCc1ccccc1Cl. The number of halogens is 1. The average molecular weight is 460 g/mol. The van der Waals surface area contributed by atoms with E-state index in [2.05, 4.69) is 15.2 Å². The highest BCUT2D eigenvalue weighted by molar-refractivity contribution is 6.31. The standard InChI is InChI=1S/C24H30ClN3O4/c25-21-4-2-1-3-18(21)12-27-24(30)11-20-5-6-22-23(32-20)16-31-15-19(29)14-28(22)13-17-7-9-26-10-8-17/h1-4,7-10,19-20,22-23,29H,5-6,11-16H2,(H,27,30)/t19-,20-,22-,23+/m0/s1. The highest BCUT2D eigenvalue weighted by Crippen LogP contribution is 2.28. The van der Waals surface area contributed by atoms with Gasteiger partial charge in [-0.25, -0.2) is 0 Å². The lowest BCUT2D eigenvalue weighted by Crippen LogP contribution is -2.55. The molecule has 1 amide bonds. The molecule has 0 saturated carbocycles. The lowest BCUT2D eigenvalue weighted by molar-refractivity contribution is -0.158. The molecule has 0 radical (unpaired) electrons. The monoisotopic (exact) mass is 459 g/mol. The summed E-state index contributed by atoms with van der Waals surface area (Å²) in [6, 6.07) is 11.6. The zero-order valence-corrected chi connectivity index (χ0v) is 18.8. The van der Waals surface area contributed by atoms with Crippen LogP contribution < -0.4 is 5.32 Å². The smallest absolute Gasteiger partial charge is 0.222 e. The molecule has 2 aliphatic heterocycles. The number of aliphatic hydroxyl groups is 1. The van der Waals surface area contributed by atoms with Gasteiger partial charge in [0, 0.05) is 43.1 Å². The summed E-state index contributed by atoms with van der Waals surface area (Å²) in [6.07, 6.45) is 4.71. The number of aromatic nitrogens is 1. The first-order chi connectivity index (χ1) is 15.6. The number of β-amino-alcohol motifs (C(OH)–C–C–N with tert-alkyl or cyclic N) is 1. The molecule has 2 aromatic rings. The molecule has 0 unspecified atom stereocenters. The Morgan fingerprint density at radius 3 is 2.81 bits per heavy atom. The fourth-order valence-electron chi connectivity index (χ4n) is 4.46. The predicted octanol–water partition coefficient (Wildman–Crippen LogP) is 2.55. The molecule has 8 heteroatoms. The van der Waals surface area contributed by atoms with Crippen LogP contribution in [-0.4, -0.2) is 65.0 Å². The molecular formula is C24H30ClN3O4. The molecule has 0 aliphatic carbocycles. The number of fused-ring (bicyclic) bond motifs is 1. The first-order valence-corrected chi connectivity index (χ1v) is 11.5. The number of aliphatic hydroxyl groups excluding tert-OH is 1. The zero-order valence-electron chi connectivity index (χ0n) is 18.0. The van der Waals surface area contributed by atoms with E-state index in [0.717, 1.165) is 24.0 Å². The first-order valence-electron chi connectivity index (χ1n) is 11.1. The molecule has 4 atom stereocenters. The molecule has 2 fully saturated rings. The normalized spacial score (nSPS) is 26.6. The van der Waals surface area contributed by atoms with Crippen LogP contribution in [0.2, 0.25) is 5.02 Å². The minimum absolute atomic E-state index is 0.0517. The number of hydrogen-bond donors (Lipinski definition) is 2. The van der Waals surface area contributed by atoms with Gasteiger partial charge in [0.05, 0.1) is 37.9 Å². The molecule has 2 saturated heterocycles. The Bertz CT molecular complexity index is 885. The van der Waals surface area contributed by atoms with Crippen molar-refractivity contribution in [1.82, 2.24) is 15.2 Å². The molecule has 1 aromatic carbocycles. The largest absolute Gasteiger partial charge is 0.389 e. The number of nitrogens with one attached hydrogen (secondary N) is 1. The Morgan fingerprint density at radius 2 is 2.00 bits per heavy atom. The van der Waals surface area contributed by atoms with Gasteiger partial charge in [-0.2, -0.15) is 0 Å². The summed E-state index contributed by atoms with van der Waals surface area (Å²) in [7, 11) is 0. The van der Waals surface area contributed by atoms with Gasteiger partial charge in [0.2, 0.25) is 5.91 Å². The molecule has 4 rings (SSSR count). The Hall–Kier alpha value is -2.03. The van der Waals surface area contributed by atoms with Crippen molar-refractivity contribution in [3.05, 3.63) is 64.9 Å². The third-order valence-corrected chi connectivity index (χ3v) is 6.44. The fraction of sp³-hybridized carbons (Fsp3) is 0.500. The summed E-state index contributed by atoms with van der Waals surface area (Å²) in [5.41, 5.74) is 2.04. The van der Waals surface area contributed by atoms with Gasteiger partial charge in [0.15, 0.2) is 0 Å². The summed E-state index contributed by atoms with van der Waals surface area (Å²) in [5.74, 6) is -0.0517. The van der Waals surface area contributed by atoms with E-state index in [1.165, 1.54) is 0 Å². The van der Waals surface area contributed by atoms with Crippen molar-refractivity contribution in [2.24, 2.45) is 0 Å². The maximum atomic E-state index is 12.5. The molecule has 0 spiro atoms. The van der Waals surface area contributed by atoms with E-state index in [1.54, 1.807) is 12.4 Å². The van der Waals surface area contributed by atoms with E-state index in [1.807, 2.05) is 36.4 Å². The van der Waals surface area contributed by atoms with E-state index >= 15 is 0 Å². The molecule has 172 valence electrons. The number of pyridine rings is 1. The Morgan fingerprint density at radius 1 is 1.19 bits per heavy atom. The molecule has 2 N–H and O–H groups in total. The maximum absolute atomic E-state index is 12.5. The molecule has 1 aromatic heterocycles. The van der Waals surface area contributed by atoms with Gasteiger partial charge in [-0.05, 0) is 42.2 Å². The van der Waals surface area contributed by atoms with Crippen LogP contribution in [0.1, 0.15) is 30.4 Å². The highest BCUT2D eigenvalue weighted by atomic mass is 35.5. The third kappa shape index (κ3) is 6.27. The van der Waals surface area contributed by atoms with Gasteiger partial charge in [0.25, 0.3) is 0 Å². The molecule has 2 aliphatic rings. The summed E-state index contributed by atoms with van der Waals surface area (Å²) in [6.45, 7) is 2.33. The predicted molar refractivity (Wildman–Crippen MR) is 121 cm³/mol. The van der Waals surface area contributed by atoms with Crippen molar-refractivity contribution in [2.75, 3.05) is 19.8 Å². The second-order valence-electron chi connectivity index (χ2n) is 8.49. The Labute approximate surface area is 193 Å². The fourth-order valence-corrected chi connectivity index (χ4v) is 4.67. The zero-order chi connectivity index (χ0) is 22.3. The van der Waals surface area contributed by atoms with Gasteiger partial charge in [-0.1, -0.05) is 29.8 Å². The number of ether oxygens (including phenoxy) is 2.